The highest BCUT2D eigenvalue weighted by Crippen LogP contribution is 2.36. The largest absolute Gasteiger partial charge is 0.393 e. The molecule has 2 amide bonds. The predicted molar refractivity (Wildman–Crippen MR) is 97.5 cm³/mol. The molecule has 6 heteroatoms. The first kappa shape index (κ1) is 16.9. The van der Waals surface area contributed by atoms with Crippen molar-refractivity contribution in [2.75, 3.05) is 18.4 Å². The molecule has 1 aromatic heterocycles. The van der Waals surface area contributed by atoms with Crippen molar-refractivity contribution in [1.29, 1.82) is 0 Å². The van der Waals surface area contributed by atoms with Gasteiger partial charge in [0.1, 0.15) is 0 Å². The Hall–Kier alpha value is -1.92. The number of likely N-dealkylation sites (tertiary alicyclic amines) is 1. The van der Waals surface area contributed by atoms with Crippen LogP contribution in [0.25, 0.3) is 11.3 Å². The summed E-state index contributed by atoms with van der Waals surface area (Å²) >= 11 is 1.54. The van der Waals surface area contributed by atoms with Gasteiger partial charge >= 0.3 is 6.03 Å². The number of aliphatic hydroxyl groups is 1. The van der Waals surface area contributed by atoms with Crippen molar-refractivity contribution in [3.63, 3.8) is 0 Å². The second-order valence-corrected chi connectivity index (χ2v) is 7.43. The number of nitrogens with zero attached hydrogens (tertiary/aromatic N) is 2. The molecule has 1 fully saturated rings. The first-order valence-corrected chi connectivity index (χ1v) is 9.16. The number of hydrogen-bond acceptors (Lipinski definition) is 4. The molecule has 0 aliphatic carbocycles. The lowest BCUT2D eigenvalue weighted by Crippen LogP contribution is -2.42. The Kier molecular flexibility index (Phi) is 5.16. The van der Waals surface area contributed by atoms with Gasteiger partial charge in [-0.3, -0.25) is 5.32 Å². The van der Waals surface area contributed by atoms with Crippen LogP contribution in [0.15, 0.2) is 30.3 Å². The molecular formula is C18H23N3O2S. The van der Waals surface area contributed by atoms with Gasteiger partial charge in [-0.05, 0) is 18.8 Å². The van der Waals surface area contributed by atoms with Gasteiger partial charge in [-0.15, -0.1) is 11.3 Å². The van der Waals surface area contributed by atoms with E-state index in [2.05, 4.69) is 24.1 Å². The van der Waals surface area contributed by atoms with Crippen LogP contribution in [0.1, 0.15) is 37.5 Å². The molecule has 1 aliphatic rings. The third kappa shape index (κ3) is 3.76. The van der Waals surface area contributed by atoms with Crippen LogP contribution < -0.4 is 5.32 Å². The molecule has 0 unspecified atom stereocenters. The van der Waals surface area contributed by atoms with E-state index in [9.17, 15) is 9.90 Å². The van der Waals surface area contributed by atoms with Crippen molar-refractivity contribution >= 4 is 22.5 Å². The fourth-order valence-electron chi connectivity index (χ4n) is 2.82. The van der Waals surface area contributed by atoms with E-state index < -0.39 is 0 Å². The highest BCUT2D eigenvalue weighted by molar-refractivity contribution is 7.16. The number of aliphatic hydroxyl groups excluding tert-OH is 1. The third-order valence-corrected chi connectivity index (χ3v) is 5.46. The number of hydrogen-bond donors (Lipinski definition) is 2. The maximum Gasteiger partial charge on any atom is 0.323 e. The molecule has 1 aliphatic heterocycles. The highest BCUT2D eigenvalue weighted by atomic mass is 32.1. The number of rotatable bonds is 3. The summed E-state index contributed by atoms with van der Waals surface area (Å²) in [5.41, 5.74) is 2.01. The number of carbonyl (C=O) groups is 1. The molecule has 2 N–H and O–H groups in total. The number of thiazole rings is 1. The average Bonchev–Trinajstić information content (AvgIpc) is 3.00. The molecular weight excluding hydrogens is 322 g/mol. The van der Waals surface area contributed by atoms with Gasteiger partial charge in [0.15, 0.2) is 5.13 Å². The Morgan fingerprint density at radius 1 is 1.29 bits per heavy atom. The molecule has 2 heterocycles. The molecule has 0 saturated carbocycles. The average molecular weight is 345 g/mol. The van der Waals surface area contributed by atoms with Gasteiger partial charge in [-0.25, -0.2) is 9.78 Å². The third-order valence-electron chi connectivity index (χ3n) is 4.19. The number of piperidine rings is 1. The summed E-state index contributed by atoms with van der Waals surface area (Å²) in [7, 11) is 0. The molecule has 0 radical (unpaired) electrons. The number of amides is 2. The van der Waals surface area contributed by atoms with E-state index in [4.69, 9.17) is 0 Å². The van der Waals surface area contributed by atoms with Gasteiger partial charge in [0.25, 0.3) is 0 Å². The van der Waals surface area contributed by atoms with Gasteiger partial charge < -0.3 is 10.0 Å². The van der Waals surface area contributed by atoms with Crippen molar-refractivity contribution in [2.24, 2.45) is 0 Å². The molecule has 2 aromatic rings. The second-order valence-electron chi connectivity index (χ2n) is 6.40. The Morgan fingerprint density at radius 3 is 2.58 bits per heavy atom. The van der Waals surface area contributed by atoms with E-state index in [0.29, 0.717) is 37.0 Å². The minimum absolute atomic E-state index is 0.134. The van der Waals surface area contributed by atoms with Crippen LogP contribution in [0.2, 0.25) is 0 Å². The molecule has 3 rings (SSSR count). The van der Waals surface area contributed by atoms with E-state index in [-0.39, 0.29) is 12.1 Å². The number of benzene rings is 1. The predicted octanol–water partition coefficient (Wildman–Crippen LogP) is 3.92. The van der Waals surface area contributed by atoms with E-state index in [1.807, 2.05) is 30.3 Å². The summed E-state index contributed by atoms with van der Waals surface area (Å²) in [4.78, 5) is 20.0. The van der Waals surface area contributed by atoms with Crippen LogP contribution >= 0.6 is 11.3 Å². The minimum atomic E-state index is -0.286. The number of aromatic nitrogens is 1. The van der Waals surface area contributed by atoms with Crippen LogP contribution in [-0.4, -0.2) is 40.2 Å². The zero-order valence-corrected chi connectivity index (χ0v) is 14.8. The Balaban J connectivity index is 1.78. The van der Waals surface area contributed by atoms with Gasteiger partial charge in [0.05, 0.1) is 11.8 Å². The lowest BCUT2D eigenvalue weighted by atomic mass is 10.1. The van der Waals surface area contributed by atoms with Gasteiger partial charge in [0, 0.05) is 23.5 Å². The van der Waals surface area contributed by atoms with E-state index in [1.165, 1.54) is 16.2 Å². The van der Waals surface area contributed by atoms with Crippen molar-refractivity contribution in [1.82, 2.24) is 9.88 Å². The van der Waals surface area contributed by atoms with Gasteiger partial charge in [-0.2, -0.15) is 0 Å². The number of nitrogens with one attached hydrogen (secondary N) is 1. The molecule has 128 valence electrons. The number of anilines is 1. The van der Waals surface area contributed by atoms with Crippen molar-refractivity contribution < 1.29 is 9.90 Å². The fourth-order valence-corrected chi connectivity index (χ4v) is 3.80. The number of urea groups is 1. The first-order chi connectivity index (χ1) is 11.5. The maximum absolute atomic E-state index is 12.4. The normalized spacial score (nSPS) is 15.8. The summed E-state index contributed by atoms with van der Waals surface area (Å²) in [5, 5.41) is 13.1. The summed E-state index contributed by atoms with van der Waals surface area (Å²) in [5.74, 6) is 0.341. The summed E-state index contributed by atoms with van der Waals surface area (Å²) in [6.07, 6.45) is 0.987. The Bertz CT molecular complexity index is 692. The zero-order chi connectivity index (χ0) is 17.1. The SMILES string of the molecule is CC(C)c1sc(NC(=O)N2CCC(O)CC2)nc1-c1ccccc1. The molecule has 24 heavy (non-hydrogen) atoms. The van der Waals surface area contributed by atoms with E-state index in [0.717, 1.165) is 11.3 Å². The van der Waals surface area contributed by atoms with Crippen molar-refractivity contribution in [3.8, 4) is 11.3 Å². The van der Waals surface area contributed by atoms with E-state index in [1.54, 1.807) is 4.90 Å². The quantitative estimate of drug-likeness (QED) is 0.886. The molecule has 0 spiro atoms. The van der Waals surface area contributed by atoms with Gasteiger partial charge in [-0.1, -0.05) is 44.2 Å². The fraction of sp³-hybridized carbons (Fsp3) is 0.444. The van der Waals surface area contributed by atoms with Crippen LogP contribution in [0.4, 0.5) is 9.93 Å². The summed E-state index contributed by atoms with van der Waals surface area (Å²) in [6, 6.07) is 9.92. The zero-order valence-electron chi connectivity index (χ0n) is 14.0. The maximum atomic E-state index is 12.4. The highest BCUT2D eigenvalue weighted by Gasteiger charge is 2.23. The Morgan fingerprint density at radius 2 is 1.96 bits per heavy atom. The molecule has 0 atom stereocenters. The smallest absolute Gasteiger partial charge is 0.323 e. The van der Waals surface area contributed by atoms with Gasteiger partial charge in [0.2, 0.25) is 0 Å². The topological polar surface area (TPSA) is 65.5 Å². The van der Waals surface area contributed by atoms with E-state index >= 15 is 0 Å². The van der Waals surface area contributed by atoms with Crippen LogP contribution in [-0.2, 0) is 0 Å². The monoisotopic (exact) mass is 345 g/mol. The Labute approximate surface area is 146 Å². The first-order valence-electron chi connectivity index (χ1n) is 8.34. The molecule has 0 bridgehead atoms. The van der Waals surface area contributed by atoms with Crippen molar-refractivity contribution in [2.45, 2.75) is 38.7 Å². The second kappa shape index (κ2) is 7.32. The van der Waals surface area contributed by atoms with Crippen LogP contribution in [0.5, 0.6) is 0 Å². The molecule has 5 nitrogen and oxygen atoms in total. The summed E-state index contributed by atoms with van der Waals surface area (Å²) in [6.45, 7) is 5.44. The summed E-state index contributed by atoms with van der Waals surface area (Å²) < 4.78 is 0. The van der Waals surface area contributed by atoms with Crippen LogP contribution in [0.3, 0.4) is 0 Å². The van der Waals surface area contributed by atoms with Crippen molar-refractivity contribution in [3.05, 3.63) is 35.2 Å². The standard InChI is InChI=1S/C18H23N3O2S/c1-12(2)16-15(13-6-4-3-5-7-13)19-17(24-16)20-18(23)21-10-8-14(22)9-11-21/h3-7,12,14,22H,8-11H2,1-2H3,(H,19,20,23). The lowest BCUT2D eigenvalue weighted by Gasteiger charge is -2.29. The number of carbonyl (C=O) groups excluding carboxylic acids is 1. The van der Waals surface area contributed by atoms with Crippen LogP contribution in [0, 0.1) is 0 Å². The molecule has 1 aromatic carbocycles. The minimum Gasteiger partial charge on any atom is -0.393 e. The lowest BCUT2D eigenvalue weighted by molar-refractivity contribution is 0.0972. The molecule has 1 saturated heterocycles.